The van der Waals surface area contributed by atoms with Crippen molar-refractivity contribution in [3.63, 3.8) is 0 Å². The number of aromatic nitrogens is 1. The van der Waals surface area contributed by atoms with Gasteiger partial charge in [-0.3, -0.25) is 0 Å². The number of nitrogens with zero attached hydrogens (tertiary/aromatic N) is 1. The highest BCUT2D eigenvalue weighted by atomic mass is 16.5. The molecule has 0 spiro atoms. The molecule has 4 nitrogen and oxygen atoms in total. The maximum Gasteiger partial charge on any atom is 0.176 e. The zero-order valence-electron chi connectivity index (χ0n) is 10.8. The second-order valence-corrected chi connectivity index (χ2v) is 4.42. The lowest BCUT2D eigenvalue weighted by Crippen LogP contribution is -1.96. The van der Waals surface area contributed by atoms with Crippen molar-refractivity contribution >= 4 is 27.7 Å². The minimum absolute atomic E-state index is 0.441. The first kappa shape index (κ1) is 12.0. The van der Waals surface area contributed by atoms with Gasteiger partial charge in [-0.25, -0.2) is 4.98 Å². The molecular weight excluding hydrogens is 240 g/mol. The second kappa shape index (κ2) is 4.90. The molecule has 0 saturated heterocycles. The van der Waals surface area contributed by atoms with Gasteiger partial charge in [-0.15, -0.1) is 0 Å². The number of rotatable bonds is 4. The van der Waals surface area contributed by atoms with Crippen molar-refractivity contribution in [3.05, 3.63) is 36.1 Å². The molecule has 0 unspecified atom stereocenters. The van der Waals surface area contributed by atoms with E-state index in [4.69, 9.17) is 14.9 Å². The number of para-hydroxylation sites is 1. The van der Waals surface area contributed by atoms with Gasteiger partial charge in [-0.05, 0) is 19.1 Å². The van der Waals surface area contributed by atoms with Crippen LogP contribution in [0.25, 0.3) is 21.9 Å². The van der Waals surface area contributed by atoms with Crippen molar-refractivity contribution in [1.82, 2.24) is 4.98 Å². The van der Waals surface area contributed by atoms with Gasteiger partial charge in [0.15, 0.2) is 11.4 Å². The molecule has 2 aromatic heterocycles. The Bertz CT molecular complexity index is 719. The molecule has 0 saturated carbocycles. The van der Waals surface area contributed by atoms with Crippen LogP contribution in [0.15, 0.2) is 34.7 Å². The second-order valence-electron chi connectivity index (χ2n) is 4.42. The number of nitrogen functional groups attached to an aromatic ring is 1. The zero-order chi connectivity index (χ0) is 13.2. The highest BCUT2D eigenvalue weighted by molar-refractivity contribution is 6.07. The largest absolute Gasteiger partial charge is 0.457 e. The molecule has 0 radical (unpaired) electrons. The van der Waals surface area contributed by atoms with E-state index in [9.17, 15) is 0 Å². The number of pyridine rings is 1. The van der Waals surface area contributed by atoms with E-state index in [1.165, 1.54) is 0 Å². The SMILES string of the molecule is CCOCCc1cc2c(o1)c(N)nc1ccccc12. The average Bonchev–Trinajstić information content (AvgIpc) is 2.84. The van der Waals surface area contributed by atoms with Crippen LogP contribution in [0.1, 0.15) is 12.7 Å². The molecule has 3 aromatic rings. The summed E-state index contributed by atoms with van der Waals surface area (Å²) >= 11 is 0. The molecule has 0 aliphatic rings. The van der Waals surface area contributed by atoms with E-state index in [0.29, 0.717) is 24.6 Å². The maximum absolute atomic E-state index is 5.95. The third-order valence-electron chi connectivity index (χ3n) is 3.15. The molecule has 0 fully saturated rings. The van der Waals surface area contributed by atoms with Crippen LogP contribution in [0.2, 0.25) is 0 Å². The quantitative estimate of drug-likeness (QED) is 0.728. The van der Waals surface area contributed by atoms with Crippen molar-refractivity contribution in [1.29, 1.82) is 0 Å². The van der Waals surface area contributed by atoms with Gasteiger partial charge in [0.2, 0.25) is 0 Å². The molecule has 2 heterocycles. The molecular formula is C15H16N2O2. The van der Waals surface area contributed by atoms with Gasteiger partial charge in [0.25, 0.3) is 0 Å². The first-order valence-electron chi connectivity index (χ1n) is 6.44. The predicted octanol–water partition coefficient (Wildman–Crippen LogP) is 3.14. The number of hydrogen-bond donors (Lipinski definition) is 1. The predicted molar refractivity (Wildman–Crippen MR) is 76.1 cm³/mol. The molecule has 0 bridgehead atoms. The standard InChI is InChI=1S/C15H16N2O2/c1-2-18-8-7-10-9-12-11-5-3-4-6-13(11)17-15(16)14(12)19-10/h3-6,9H,2,7-8H2,1H3,(H2,16,17). The van der Waals surface area contributed by atoms with Crippen molar-refractivity contribution in [3.8, 4) is 0 Å². The molecule has 4 heteroatoms. The van der Waals surface area contributed by atoms with Gasteiger partial charge < -0.3 is 14.9 Å². The molecule has 3 rings (SSSR count). The zero-order valence-corrected chi connectivity index (χ0v) is 10.8. The summed E-state index contributed by atoms with van der Waals surface area (Å²) in [5.41, 5.74) is 7.52. The number of fused-ring (bicyclic) bond motifs is 3. The smallest absolute Gasteiger partial charge is 0.176 e. The Labute approximate surface area is 111 Å². The van der Waals surface area contributed by atoms with Crippen molar-refractivity contribution in [2.75, 3.05) is 18.9 Å². The van der Waals surface area contributed by atoms with Gasteiger partial charge in [-0.2, -0.15) is 0 Å². The average molecular weight is 256 g/mol. The van der Waals surface area contributed by atoms with Gasteiger partial charge in [0.05, 0.1) is 12.1 Å². The van der Waals surface area contributed by atoms with E-state index in [2.05, 4.69) is 4.98 Å². The highest BCUT2D eigenvalue weighted by Crippen LogP contribution is 2.30. The van der Waals surface area contributed by atoms with E-state index in [-0.39, 0.29) is 0 Å². The fraction of sp³-hybridized carbons (Fsp3) is 0.267. The van der Waals surface area contributed by atoms with Crippen LogP contribution in [0.3, 0.4) is 0 Å². The van der Waals surface area contributed by atoms with Crippen molar-refractivity contribution in [2.24, 2.45) is 0 Å². The van der Waals surface area contributed by atoms with E-state index in [1.807, 2.05) is 37.3 Å². The fourth-order valence-corrected chi connectivity index (χ4v) is 2.25. The van der Waals surface area contributed by atoms with Crippen LogP contribution in [0.4, 0.5) is 5.82 Å². The summed E-state index contributed by atoms with van der Waals surface area (Å²) in [5.74, 6) is 1.32. The lowest BCUT2D eigenvalue weighted by molar-refractivity contribution is 0.147. The Morgan fingerprint density at radius 2 is 2.11 bits per heavy atom. The van der Waals surface area contributed by atoms with Crippen molar-refractivity contribution in [2.45, 2.75) is 13.3 Å². The topological polar surface area (TPSA) is 61.3 Å². The molecule has 0 aliphatic carbocycles. The Morgan fingerprint density at radius 1 is 1.26 bits per heavy atom. The molecule has 0 amide bonds. The van der Waals surface area contributed by atoms with E-state index in [0.717, 1.165) is 28.5 Å². The Hall–Kier alpha value is -2.07. The molecule has 0 atom stereocenters. The minimum atomic E-state index is 0.441. The van der Waals surface area contributed by atoms with Crippen LogP contribution in [-0.4, -0.2) is 18.2 Å². The van der Waals surface area contributed by atoms with E-state index < -0.39 is 0 Å². The Kier molecular flexibility index (Phi) is 3.09. The van der Waals surface area contributed by atoms with Crippen LogP contribution < -0.4 is 5.73 Å². The summed E-state index contributed by atoms with van der Waals surface area (Å²) in [6, 6.07) is 9.97. The Morgan fingerprint density at radius 3 is 2.95 bits per heavy atom. The van der Waals surface area contributed by atoms with Crippen LogP contribution in [0, 0.1) is 0 Å². The number of ether oxygens (including phenoxy) is 1. The van der Waals surface area contributed by atoms with Gasteiger partial charge in [-0.1, -0.05) is 18.2 Å². The van der Waals surface area contributed by atoms with Gasteiger partial charge in [0, 0.05) is 23.8 Å². The first-order valence-corrected chi connectivity index (χ1v) is 6.44. The van der Waals surface area contributed by atoms with Gasteiger partial charge >= 0.3 is 0 Å². The van der Waals surface area contributed by atoms with Crippen LogP contribution in [0.5, 0.6) is 0 Å². The van der Waals surface area contributed by atoms with Gasteiger partial charge in [0.1, 0.15) is 5.76 Å². The molecule has 98 valence electrons. The number of furan rings is 1. The van der Waals surface area contributed by atoms with E-state index in [1.54, 1.807) is 0 Å². The number of nitrogens with two attached hydrogens (primary N) is 1. The molecule has 1 aromatic carbocycles. The van der Waals surface area contributed by atoms with Crippen LogP contribution in [-0.2, 0) is 11.2 Å². The Balaban J connectivity index is 2.10. The molecule has 0 aliphatic heterocycles. The first-order chi connectivity index (χ1) is 9.29. The normalized spacial score (nSPS) is 11.4. The fourth-order valence-electron chi connectivity index (χ4n) is 2.25. The maximum atomic E-state index is 5.95. The number of benzene rings is 1. The van der Waals surface area contributed by atoms with E-state index >= 15 is 0 Å². The lowest BCUT2D eigenvalue weighted by Gasteiger charge is -2.00. The monoisotopic (exact) mass is 256 g/mol. The summed E-state index contributed by atoms with van der Waals surface area (Å²) in [4.78, 5) is 4.37. The van der Waals surface area contributed by atoms with Crippen LogP contribution >= 0.6 is 0 Å². The molecule has 19 heavy (non-hydrogen) atoms. The minimum Gasteiger partial charge on any atom is -0.457 e. The number of anilines is 1. The highest BCUT2D eigenvalue weighted by Gasteiger charge is 2.11. The third kappa shape index (κ3) is 2.15. The summed E-state index contributed by atoms with van der Waals surface area (Å²) < 4.78 is 11.1. The molecule has 2 N–H and O–H groups in total. The summed E-state index contributed by atoms with van der Waals surface area (Å²) in [7, 11) is 0. The summed E-state index contributed by atoms with van der Waals surface area (Å²) in [6.07, 6.45) is 0.746. The van der Waals surface area contributed by atoms with Crippen molar-refractivity contribution < 1.29 is 9.15 Å². The summed E-state index contributed by atoms with van der Waals surface area (Å²) in [5, 5.41) is 2.09. The summed E-state index contributed by atoms with van der Waals surface area (Å²) in [6.45, 7) is 3.35. The third-order valence-corrected chi connectivity index (χ3v) is 3.15. The number of hydrogen-bond acceptors (Lipinski definition) is 4. The lowest BCUT2D eigenvalue weighted by atomic mass is 10.1.